The first-order valence-corrected chi connectivity index (χ1v) is 4.43. The molecule has 0 amide bonds. The monoisotopic (exact) mass is 159 g/mol. The Bertz CT molecular complexity index is 85.6. The van der Waals surface area contributed by atoms with Crippen LogP contribution in [0.4, 0.5) is 0 Å². The molecule has 0 bridgehead atoms. The van der Waals surface area contributed by atoms with Crippen LogP contribution in [-0.2, 0) is 4.74 Å². The van der Waals surface area contributed by atoms with E-state index in [-0.39, 0.29) is 0 Å². The number of ether oxygens (including phenoxy) is 1. The topological polar surface area (TPSA) is 21.3 Å². The number of methoxy groups -OCH3 is 1. The Balaban J connectivity index is 3.22. The first-order valence-electron chi connectivity index (χ1n) is 4.43. The minimum atomic E-state index is 0.481. The van der Waals surface area contributed by atoms with Crippen LogP contribution in [0.2, 0.25) is 0 Å². The van der Waals surface area contributed by atoms with Gasteiger partial charge in [-0.3, -0.25) is 0 Å². The molecule has 0 heterocycles. The summed E-state index contributed by atoms with van der Waals surface area (Å²) in [6.07, 6.45) is 1.24. The van der Waals surface area contributed by atoms with E-state index in [1.807, 2.05) is 0 Å². The van der Waals surface area contributed by atoms with Crippen LogP contribution in [0.15, 0.2) is 0 Å². The van der Waals surface area contributed by atoms with Crippen molar-refractivity contribution < 1.29 is 4.74 Å². The van der Waals surface area contributed by atoms with Gasteiger partial charge in [-0.1, -0.05) is 20.3 Å². The molecule has 1 unspecified atom stereocenters. The summed E-state index contributed by atoms with van der Waals surface area (Å²) in [7, 11) is 1.74. The zero-order valence-corrected chi connectivity index (χ0v) is 8.18. The van der Waals surface area contributed by atoms with Crippen molar-refractivity contribution in [3.05, 3.63) is 0 Å². The van der Waals surface area contributed by atoms with Crippen molar-refractivity contribution in [2.45, 2.75) is 33.2 Å². The molecular formula is C9H21NO. The van der Waals surface area contributed by atoms with E-state index >= 15 is 0 Å². The highest BCUT2D eigenvalue weighted by atomic mass is 16.5. The molecule has 0 rings (SSSR count). The lowest BCUT2D eigenvalue weighted by Crippen LogP contribution is -2.33. The summed E-state index contributed by atoms with van der Waals surface area (Å²) in [5.74, 6) is 0.773. The third-order valence-electron chi connectivity index (χ3n) is 1.93. The van der Waals surface area contributed by atoms with Gasteiger partial charge in [-0.25, -0.2) is 0 Å². The van der Waals surface area contributed by atoms with Gasteiger partial charge >= 0.3 is 0 Å². The molecular weight excluding hydrogens is 138 g/mol. The van der Waals surface area contributed by atoms with Crippen LogP contribution in [0, 0.1) is 5.92 Å². The van der Waals surface area contributed by atoms with Crippen molar-refractivity contribution in [2.24, 2.45) is 5.92 Å². The van der Waals surface area contributed by atoms with Crippen LogP contribution >= 0.6 is 0 Å². The van der Waals surface area contributed by atoms with Gasteiger partial charge in [0.05, 0.1) is 6.61 Å². The van der Waals surface area contributed by atoms with Gasteiger partial charge in [-0.15, -0.1) is 0 Å². The normalized spacial score (nSPS) is 16.4. The first-order chi connectivity index (χ1) is 5.20. The molecule has 68 valence electrons. The lowest BCUT2D eigenvalue weighted by Gasteiger charge is -2.15. The molecule has 0 saturated carbocycles. The first kappa shape index (κ1) is 10.9. The van der Waals surface area contributed by atoms with E-state index in [1.54, 1.807) is 7.11 Å². The summed E-state index contributed by atoms with van der Waals surface area (Å²) < 4.78 is 5.01. The predicted octanol–water partition coefficient (Wildman–Crippen LogP) is 1.66. The van der Waals surface area contributed by atoms with Crippen LogP contribution in [0.1, 0.15) is 27.2 Å². The molecule has 0 aromatic heterocycles. The number of nitrogens with one attached hydrogen (secondary N) is 1. The van der Waals surface area contributed by atoms with E-state index in [0.717, 1.165) is 19.1 Å². The van der Waals surface area contributed by atoms with E-state index in [1.165, 1.54) is 6.42 Å². The van der Waals surface area contributed by atoms with E-state index in [2.05, 4.69) is 26.1 Å². The van der Waals surface area contributed by atoms with Gasteiger partial charge in [0.1, 0.15) is 0 Å². The highest BCUT2D eigenvalue weighted by Crippen LogP contribution is 1.97. The summed E-state index contributed by atoms with van der Waals surface area (Å²) in [6.45, 7) is 8.52. The Morgan fingerprint density at radius 1 is 1.36 bits per heavy atom. The van der Waals surface area contributed by atoms with Crippen molar-refractivity contribution in [1.82, 2.24) is 5.32 Å². The molecule has 0 aliphatic carbocycles. The van der Waals surface area contributed by atoms with Crippen molar-refractivity contribution in [2.75, 3.05) is 20.3 Å². The van der Waals surface area contributed by atoms with Crippen LogP contribution in [-0.4, -0.2) is 26.3 Å². The Morgan fingerprint density at radius 3 is 2.45 bits per heavy atom. The molecule has 2 atom stereocenters. The maximum absolute atomic E-state index is 5.01. The average molecular weight is 159 g/mol. The second kappa shape index (κ2) is 6.62. The fourth-order valence-corrected chi connectivity index (χ4v) is 0.856. The Labute approximate surface area is 70.3 Å². The Hall–Kier alpha value is -0.0800. The second-order valence-electron chi connectivity index (χ2n) is 3.28. The van der Waals surface area contributed by atoms with Crippen LogP contribution < -0.4 is 5.32 Å². The zero-order valence-electron chi connectivity index (χ0n) is 8.18. The van der Waals surface area contributed by atoms with Crippen LogP contribution in [0.25, 0.3) is 0 Å². The Kier molecular flexibility index (Phi) is 6.57. The van der Waals surface area contributed by atoms with Crippen molar-refractivity contribution in [3.8, 4) is 0 Å². The van der Waals surface area contributed by atoms with Crippen molar-refractivity contribution in [3.63, 3.8) is 0 Å². The molecule has 0 fully saturated rings. The fraction of sp³-hybridized carbons (Fsp3) is 1.00. The highest BCUT2D eigenvalue weighted by molar-refractivity contribution is 4.61. The largest absolute Gasteiger partial charge is 0.383 e. The molecule has 1 N–H and O–H groups in total. The van der Waals surface area contributed by atoms with E-state index in [9.17, 15) is 0 Å². The molecule has 0 aliphatic heterocycles. The third kappa shape index (κ3) is 6.32. The van der Waals surface area contributed by atoms with Gasteiger partial charge in [0.2, 0.25) is 0 Å². The summed E-state index contributed by atoms with van der Waals surface area (Å²) in [5.41, 5.74) is 0. The Morgan fingerprint density at radius 2 is 2.00 bits per heavy atom. The number of hydrogen-bond donors (Lipinski definition) is 1. The molecule has 0 aliphatic rings. The van der Waals surface area contributed by atoms with Crippen molar-refractivity contribution >= 4 is 0 Å². The molecule has 0 spiro atoms. The lowest BCUT2D eigenvalue weighted by atomic mass is 10.1. The highest BCUT2D eigenvalue weighted by Gasteiger charge is 2.02. The maximum atomic E-state index is 5.01. The summed E-state index contributed by atoms with van der Waals surface area (Å²) in [6, 6.07) is 0.481. The summed E-state index contributed by atoms with van der Waals surface area (Å²) in [4.78, 5) is 0. The fourth-order valence-electron chi connectivity index (χ4n) is 0.856. The van der Waals surface area contributed by atoms with Gasteiger partial charge in [0.25, 0.3) is 0 Å². The standard InChI is InChI=1S/C9H21NO/c1-5-8(2)6-10-9(3)7-11-4/h8-10H,5-7H2,1-4H3/t8?,9-/m1/s1. The molecule has 2 heteroatoms. The van der Waals surface area contributed by atoms with Gasteiger partial charge < -0.3 is 10.1 Å². The third-order valence-corrected chi connectivity index (χ3v) is 1.93. The van der Waals surface area contributed by atoms with E-state index in [0.29, 0.717) is 6.04 Å². The van der Waals surface area contributed by atoms with Gasteiger partial charge in [-0.05, 0) is 19.4 Å². The summed E-state index contributed by atoms with van der Waals surface area (Å²) >= 11 is 0. The molecule has 0 saturated heterocycles. The molecule has 0 aromatic rings. The van der Waals surface area contributed by atoms with Crippen LogP contribution in [0.3, 0.4) is 0 Å². The maximum Gasteiger partial charge on any atom is 0.0613 e. The minimum absolute atomic E-state index is 0.481. The van der Waals surface area contributed by atoms with E-state index < -0.39 is 0 Å². The van der Waals surface area contributed by atoms with Crippen molar-refractivity contribution in [1.29, 1.82) is 0 Å². The zero-order chi connectivity index (χ0) is 8.69. The molecule has 2 nitrogen and oxygen atoms in total. The molecule has 11 heavy (non-hydrogen) atoms. The van der Waals surface area contributed by atoms with Gasteiger partial charge in [0, 0.05) is 13.2 Å². The predicted molar refractivity (Wildman–Crippen MR) is 48.8 cm³/mol. The van der Waals surface area contributed by atoms with Crippen LogP contribution in [0.5, 0.6) is 0 Å². The second-order valence-corrected chi connectivity index (χ2v) is 3.28. The number of hydrogen-bond acceptors (Lipinski definition) is 2. The average Bonchev–Trinajstić information content (AvgIpc) is 2.01. The van der Waals surface area contributed by atoms with Gasteiger partial charge in [0.15, 0.2) is 0 Å². The molecule has 0 radical (unpaired) electrons. The lowest BCUT2D eigenvalue weighted by molar-refractivity contribution is 0.170. The van der Waals surface area contributed by atoms with E-state index in [4.69, 9.17) is 4.74 Å². The SMILES string of the molecule is CCC(C)CN[C@H](C)COC. The summed E-state index contributed by atoms with van der Waals surface area (Å²) in [5, 5.41) is 3.41. The number of rotatable bonds is 6. The quantitative estimate of drug-likeness (QED) is 0.636. The molecule has 0 aromatic carbocycles. The minimum Gasteiger partial charge on any atom is -0.383 e. The smallest absolute Gasteiger partial charge is 0.0613 e. The van der Waals surface area contributed by atoms with Gasteiger partial charge in [-0.2, -0.15) is 0 Å².